The Morgan fingerprint density at radius 3 is 2.78 bits per heavy atom. The van der Waals surface area contributed by atoms with E-state index in [0.29, 0.717) is 28.7 Å². The van der Waals surface area contributed by atoms with Crippen molar-refractivity contribution in [1.82, 2.24) is 9.97 Å². The Morgan fingerprint density at radius 2 is 2.09 bits per heavy atom. The minimum atomic E-state index is -0.904. The van der Waals surface area contributed by atoms with Crippen molar-refractivity contribution in [3.8, 4) is 0 Å². The van der Waals surface area contributed by atoms with Crippen LogP contribution in [0.1, 0.15) is 53.5 Å². The monoisotopic (exact) mass is 311 g/mol. The lowest BCUT2D eigenvalue weighted by molar-refractivity contribution is -0.138. The standard InChI is InChI=1S/C17H17N3O3/c1-10(17(22)23)12-3-2-4-13(9-12)19-16(21)14-7-8-18-15(20-14)11-5-6-11/h2-4,7-11H,5-6H2,1H3,(H,19,21)(H,22,23). The molecular weight excluding hydrogens is 294 g/mol. The highest BCUT2D eigenvalue weighted by Crippen LogP contribution is 2.37. The number of nitrogens with one attached hydrogen (secondary N) is 1. The second-order valence-electron chi connectivity index (χ2n) is 5.71. The van der Waals surface area contributed by atoms with E-state index in [9.17, 15) is 9.59 Å². The first-order valence-corrected chi connectivity index (χ1v) is 7.51. The van der Waals surface area contributed by atoms with Gasteiger partial charge in [-0.05, 0) is 43.5 Å². The Morgan fingerprint density at radius 1 is 1.30 bits per heavy atom. The van der Waals surface area contributed by atoms with Gasteiger partial charge in [-0.1, -0.05) is 12.1 Å². The predicted octanol–water partition coefficient (Wildman–Crippen LogP) is 2.79. The van der Waals surface area contributed by atoms with Gasteiger partial charge in [-0.2, -0.15) is 0 Å². The number of rotatable bonds is 5. The molecule has 1 fully saturated rings. The second-order valence-corrected chi connectivity index (χ2v) is 5.71. The smallest absolute Gasteiger partial charge is 0.310 e. The lowest BCUT2D eigenvalue weighted by Crippen LogP contribution is -2.15. The van der Waals surface area contributed by atoms with Crippen LogP contribution < -0.4 is 5.32 Å². The van der Waals surface area contributed by atoms with E-state index in [2.05, 4.69) is 15.3 Å². The number of amides is 1. The molecule has 0 saturated heterocycles. The molecular formula is C17H17N3O3. The van der Waals surface area contributed by atoms with Gasteiger partial charge in [-0.3, -0.25) is 9.59 Å². The largest absolute Gasteiger partial charge is 0.481 e. The molecule has 1 aromatic carbocycles. The third-order valence-electron chi connectivity index (χ3n) is 3.86. The maximum absolute atomic E-state index is 12.3. The van der Waals surface area contributed by atoms with Crippen LogP contribution in [0, 0.1) is 0 Å². The molecule has 0 radical (unpaired) electrons. The summed E-state index contributed by atoms with van der Waals surface area (Å²) < 4.78 is 0. The van der Waals surface area contributed by atoms with Crippen molar-refractivity contribution in [2.75, 3.05) is 5.32 Å². The molecule has 0 aliphatic heterocycles. The van der Waals surface area contributed by atoms with E-state index in [4.69, 9.17) is 5.11 Å². The normalized spacial score (nSPS) is 15.0. The Hall–Kier alpha value is -2.76. The molecule has 1 atom stereocenters. The number of benzene rings is 1. The van der Waals surface area contributed by atoms with Gasteiger partial charge in [0.1, 0.15) is 11.5 Å². The summed E-state index contributed by atoms with van der Waals surface area (Å²) in [5, 5.41) is 11.8. The number of anilines is 1. The lowest BCUT2D eigenvalue weighted by Gasteiger charge is -2.10. The number of carboxylic acid groups (broad SMARTS) is 1. The number of hydrogen-bond donors (Lipinski definition) is 2. The molecule has 1 aliphatic carbocycles. The average Bonchev–Trinajstić information content (AvgIpc) is 3.39. The summed E-state index contributed by atoms with van der Waals surface area (Å²) in [6.45, 7) is 1.61. The van der Waals surface area contributed by atoms with Crippen LogP contribution in [0.3, 0.4) is 0 Å². The summed E-state index contributed by atoms with van der Waals surface area (Å²) in [6, 6.07) is 8.41. The molecule has 0 spiro atoms. The highest BCUT2D eigenvalue weighted by Gasteiger charge is 2.27. The van der Waals surface area contributed by atoms with E-state index in [1.54, 1.807) is 43.5 Å². The van der Waals surface area contributed by atoms with Gasteiger partial charge in [0.2, 0.25) is 0 Å². The predicted molar refractivity (Wildman–Crippen MR) is 84.5 cm³/mol. The number of carbonyl (C=O) groups excluding carboxylic acids is 1. The molecule has 2 aromatic rings. The number of carboxylic acids is 1. The van der Waals surface area contributed by atoms with Gasteiger partial charge in [-0.25, -0.2) is 9.97 Å². The van der Waals surface area contributed by atoms with Gasteiger partial charge in [0.25, 0.3) is 5.91 Å². The Balaban J connectivity index is 1.76. The summed E-state index contributed by atoms with van der Waals surface area (Å²) >= 11 is 0. The molecule has 2 N–H and O–H groups in total. The fourth-order valence-electron chi connectivity index (χ4n) is 2.26. The molecule has 6 nitrogen and oxygen atoms in total. The Labute approximate surface area is 133 Å². The Bertz CT molecular complexity index is 756. The van der Waals surface area contributed by atoms with E-state index in [0.717, 1.165) is 12.8 Å². The zero-order valence-corrected chi connectivity index (χ0v) is 12.7. The Kier molecular flexibility index (Phi) is 4.06. The van der Waals surface area contributed by atoms with E-state index in [1.165, 1.54) is 0 Å². The molecule has 1 saturated carbocycles. The fourth-order valence-corrected chi connectivity index (χ4v) is 2.26. The second kappa shape index (κ2) is 6.16. The molecule has 23 heavy (non-hydrogen) atoms. The van der Waals surface area contributed by atoms with Crippen LogP contribution in [0.25, 0.3) is 0 Å². The molecule has 118 valence electrons. The zero-order chi connectivity index (χ0) is 16.4. The van der Waals surface area contributed by atoms with Crippen LogP contribution in [-0.2, 0) is 4.79 Å². The SMILES string of the molecule is CC(C(=O)O)c1cccc(NC(=O)c2ccnc(C3CC3)n2)c1. The third kappa shape index (κ3) is 3.53. The van der Waals surface area contributed by atoms with E-state index < -0.39 is 11.9 Å². The fraction of sp³-hybridized carbons (Fsp3) is 0.294. The molecule has 3 rings (SSSR count). The van der Waals surface area contributed by atoms with Gasteiger partial charge in [0.05, 0.1) is 5.92 Å². The average molecular weight is 311 g/mol. The molecule has 1 heterocycles. The van der Waals surface area contributed by atoms with Crippen LogP contribution in [0.4, 0.5) is 5.69 Å². The van der Waals surface area contributed by atoms with Crippen molar-refractivity contribution in [2.45, 2.75) is 31.6 Å². The maximum atomic E-state index is 12.3. The topological polar surface area (TPSA) is 92.2 Å². The van der Waals surface area contributed by atoms with Gasteiger partial charge in [-0.15, -0.1) is 0 Å². The van der Waals surface area contributed by atoms with Crippen molar-refractivity contribution in [2.24, 2.45) is 0 Å². The minimum Gasteiger partial charge on any atom is -0.481 e. The first kappa shape index (κ1) is 15.1. The molecule has 6 heteroatoms. The lowest BCUT2D eigenvalue weighted by atomic mass is 10.0. The van der Waals surface area contributed by atoms with Crippen molar-refractivity contribution in [3.63, 3.8) is 0 Å². The zero-order valence-electron chi connectivity index (χ0n) is 12.7. The summed E-state index contributed by atoms with van der Waals surface area (Å²) in [7, 11) is 0. The summed E-state index contributed by atoms with van der Waals surface area (Å²) in [6.07, 6.45) is 3.73. The van der Waals surface area contributed by atoms with Crippen LogP contribution in [0.5, 0.6) is 0 Å². The van der Waals surface area contributed by atoms with E-state index in [-0.39, 0.29) is 5.91 Å². The van der Waals surface area contributed by atoms with Crippen LogP contribution >= 0.6 is 0 Å². The van der Waals surface area contributed by atoms with Crippen molar-refractivity contribution >= 4 is 17.6 Å². The number of hydrogen-bond acceptors (Lipinski definition) is 4. The molecule has 1 unspecified atom stereocenters. The third-order valence-corrected chi connectivity index (χ3v) is 3.86. The van der Waals surface area contributed by atoms with Gasteiger partial charge < -0.3 is 10.4 Å². The van der Waals surface area contributed by atoms with E-state index in [1.807, 2.05) is 0 Å². The highest BCUT2D eigenvalue weighted by atomic mass is 16.4. The van der Waals surface area contributed by atoms with Crippen molar-refractivity contribution in [3.05, 3.63) is 53.6 Å². The van der Waals surface area contributed by atoms with Gasteiger partial charge >= 0.3 is 5.97 Å². The summed E-state index contributed by atoms with van der Waals surface area (Å²) in [4.78, 5) is 31.9. The minimum absolute atomic E-state index is 0.318. The van der Waals surface area contributed by atoms with Crippen molar-refractivity contribution < 1.29 is 14.7 Å². The first-order valence-electron chi connectivity index (χ1n) is 7.51. The van der Waals surface area contributed by atoms with Gasteiger partial charge in [0.15, 0.2) is 0 Å². The maximum Gasteiger partial charge on any atom is 0.310 e. The molecule has 1 aliphatic rings. The number of nitrogens with zero attached hydrogens (tertiary/aromatic N) is 2. The molecule has 1 aromatic heterocycles. The van der Waals surface area contributed by atoms with E-state index >= 15 is 0 Å². The van der Waals surface area contributed by atoms with Crippen LogP contribution in [0.15, 0.2) is 36.5 Å². The first-order chi connectivity index (χ1) is 11.0. The molecule has 1 amide bonds. The molecule has 0 bridgehead atoms. The van der Waals surface area contributed by atoms with Crippen molar-refractivity contribution in [1.29, 1.82) is 0 Å². The quantitative estimate of drug-likeness (QED) is 0.885. The number of aliphatic carboxylic acids is 1. The summed E-state index contributed by atoms with van der Waals surface area (Å²) in [5.41, 5.74) is 1.50. The van der Waals surface area contributed by atoms with Gasteiger partial charge in [0, 0.05) is 17.8 Å². The summed E-state index contributed by atoms with van der Waals surface area (Å²) in [5.74, 6) is -0.770. The number of carbonyl (C=O) groups is 2. The highest BCUT2D eigenvalue weighted by molar-refractivity contribution is 6.02. The van der Waals surface area contributed by atoms with Crippen LogP contribution in [-0.4, -0.2) is 27.0 Å². The van der Waals surface area contributed by atoms with Crippen LogP contribution in [0.2, 0.25) is 0 Å². The number of aromatic nitrogens is 2.